The second-order valence-electron chi connectivity index (χ2n) is 5.37. The number of hydrogen-bond donors (Lipinski definition) is 1. The maximum atomic E-state index is 11.9. The van der Waals surface area contributed by atoms with Gasteiger partial charge in [-0.1, -0.05) is 53.2 Å². The van der Waals surface area contributed by atoms with Crippen molar-refractivity contribution in [3.8, 4) is 22.4 Å². The molecule has 0 fully saturated rings. The highest BCUT2D eigenvalue weighted by molar-refractivity contribution is 7.89. The van der Waals surface area contributed by atoms with Gasteiger partial charge in [0.1, 0.15) is 11.5 Å². The first-order chi connectivity index (χ1) is 10.9. The molecule has 2 N–H and O–H groups in total. The van der Waals surface area contributed by atoms with Crippen LogP contribution in [0.3, 0.4) is 0 Å². The minimum absolute atomic E-state index is 0.0552. The van der Waals surface area contributed by atoms with E-state index in [-0.39, 0.29) is 4.90 Å². The van der Waals surface area contributed by atoms with E-state index >= 15 is 0 Å². The van der Waals surface area contributed by atoms with Crippen LogP contribution in [0, 0.1) is 13.8 Å². The molecule has 3 rings (SSSR count). The quantitative estimate of drug-likeness (QED) is 0.799. The summed E-state index contributed by atoms with van der Waals surface area (Å²) < 4.78 is 29.1. The van der Waals surface area contributed by atoms with Crippen LogP contribution in [0.4, 0.5) is 0 Å². The molecule has 0 aliphatic heterocycles. The van der Waals surface area contributed by atoms with Gasteiger partial charge in [-0.2, -0.15) is 0 Å². The topological polar surface area (TPSA) is 86.2 Å². The van der Waals surface area contributed by atoms with Crippen LogP contribution < -0.4 is 5.14 Å². The number of nitrogens with two attached hydrogens (primary N) is 1. The first-order valence-corrected chi connectivity index (χ1v) is 8.58. The summed E-state index contributed by atoms with van der Waals surface area (Å²) >= 11 is 0. The number of nitrogens with zero attached hydrogens (tertiary/aromatic N) is 1. The van der Waals surface area contributed by atoms with Crippen LogP contribution in [-0.2, 0) is 10.0 Å². The maximum absolute atomic E-state index is 11.9. The fourth-order valence-electron chi connectivity index (χ4n) is 2.52. The van der Waals surface area contributed by atoms with Gasteiger partial charge in [-0.3, -0.25) is 0 Å². The molecule has 0 aliphatic rings. The van der Waals surface area contributed by atoms with Crippen molar-refractivity contribution in [1.82, 2.24) is 5.16 Å². The summed E-state index contributed by atoms with van der Waals surface area (Å²) in [6.07, 6.45) is 0. The number of sulfonamides is 1. The lowest BCUT2D eigenvalue weighted by Crippen LogP contribution is -2.13. The SMILES string of the molecule is Cc1ccc(-c2noc(C)c2-c2ccccc2S(N)(=O)=O)cc1. The fourth-order valence-corrected chi connectivity index (χ4v) is 3.26. The van der Waals surface area contributed by atoms with Gasteiger partial charge < -0.3 is 4.52 Å². The van der Waals surface area contributed by atoms with E-state index in [1.54, 1.807) is 25.1 Å². The second-order valence-corrected chi connectivity index (χ2v) is 6.90. The highest BCUT2D eigenvalue weighted by Crippen LogP contribution is 2.37. The minimum Gasteiger partial charge on any atom is -0.360 e. The Bertz CT molecular complexity index is 958. The average molecular weight is 328 g/mol. The summed E-state index contributed by atoms with van der Waals surface area (Å²) in [4.78, 5) is 0.0552. The largest absolute Gasteiger partial charge is 0.360 e. The van der Waals surface area contributed by atoms with E-state index in [1.807, 2.05) is 31.2 Å². The Morgan fingerprint density at radius 3 is 2.30 bits per heavy atom. The molecule has 1 heterocycles. The third kappa shape index (κ3) is 2.91. The zero-order chi connectivity index (χ0) is 16.6. The molecule has 0 atom stereocenters. The molecular weight excluding hydrogens is 312 g/mol. The van der Waals surface area contributed by atoms with Gasteiger partial charge in [-0.05, 0) is 19.9 Å². The Morgan fingerprint density at radius 2 is 1.65 bits per heavy atom. The summed E-state index contributed by atoms with van der Waals surface area (Å²) in [5.41, 5.74) is 3.70. The molecule has 0 saturated heterocycles. The monoisotopic (exact) mass is 328 g/mol. The van der Waals surface area contributed by atoms with Crippen LogP contribution in [-0.4, -0.2) is 13.6 Å². The Kier molecular flexibility index (Phi) is 3.79. The van der Waals surface area contributed by atoms with Crippen molar-refractivity contribution < 1.29 is 12.9 Å². The molecule has 0 bridgehead atoms. The van der Waals surface area contributed by atoms with Crippen molar-refractivity contribution in [2.24, 2.45) is 5.14 Å². The van der Waals surface area contributed by atoms with Gasteiger partial charge in [0.15, 0.2) is 0 Å². The highest BCUT2D eigenvalue weighted by atomic mass is 32.2. The molecule has 6 heteroatoms. The molecule has 0 radical (unpaired) electrons. The molecule has 0 spiro atoms. The molecule has 0 saturated carbocycles. The van der Waals surface area contributed by atoms with E-state index in [0.29, 0.717) is 22.6 Å². The van der Waals surface area contributed by atoms with Crippen LogP contribution in [0.5, 0.6) is 0 Å². The van der Waals surface area contributed by atoms with E-state index in [9.17, 15) is 8.42 Å². The summed E-state index contributed by atoms with van der Waals surface area (Å²) in [7, 11) is -3.85. The molecule has 5 nitrogen and oxygen atoms in total. The van der Waals surface area contributed by atoms with Crippen LogP contribution in [0.25, 0.3) is 22.4 Å². The lowest BCUT2D eigenvalue weighted by molar-refractivity contribution is 0.400. The lowest BCUT2D eigenvalue weighted by atomic mass is 9.99. The van der Waals surface area contributed by atoms with Crippen LogP contribution >= 0.6 is 0 Å². The zero-order valence-corrected chi connectivity index (χ0v) is 13.6. The summed E-state index contributed by atoms with van der Waals surface area (Å²) in [5, 5.41) is 9.45. The molecule has 2 aromatic carbocycles. The molecule has 23 heavy (non-hydrogen) atoms. The summed E-state index contributed by atoms with van der Waals surface area (Å²) in [6.45, 7) is 3.75. The number of primary sulfonamides is 1. The predicted octanol–water partition coefficient (Wildman–Crippen LogP) is 3.27. The van der Waals surface area contributed by atoms with E-state index in [1.165, 1.54) is 6.07 Å². The number of hydrogen-bond acceptors (Lipinski definition) is 4. The van der Waals surface area contributed by atoms with Gasteiger partial charge in [-0.25, -0.2) is 13.6 Å². The Labute approximate surface area is 134 Å². The Balaban J connectivity index is 2.27. The van der Waals surface area contributed by atoms with Crippen molar-refractivity contribution in [1.29, 1.82) is 0 Å². The molecule has 3 aromatic rings. The second kappa shape index (κ2) is 5.64. The Morgan fingerprint density at radius 1 is 1.00 bits per heavy atom. The van der Waals surface area contributed by atoms with Crippen LogP contribution in [0.1, 0.15) is 11.3 Å². The first-order valence-electron chi connectivity index (χ1n) is 7.03. The van der Waals surface area contributed by atoms with Gasteiger partial charge in [-0.15, -0.1) is 0 Å². The summed E-state index contributed by atoms with van der Waals surface area (Å²) in [5.74, 6) is 0.539. The van der Waals surface area contributed by atoms with Crippen molar-refractivity contribution in [2.45, 2.75) is 18.7 Å². The van der Waals surface area contributed by atoms with Crippen LogP contribution in [0.15, 0.2) is 57.9 Å². The molecule has 118 valence electrons. The smallest absolute Gasteiger partial charge is 0.238 e. The van der Waals surface area contributed by atoms with Crippen molar-refractivity contribution in [2.75, 3.05) is 0 Å². The van der Waals surface area contributed by atoms with E-state index in [0.717, 1.165) is 11.1 Å². The summed E-state index contributed by atoms with van der Waals surface area (Å²) in [6, 6.07) is 14.4. The van der Waals surface area contributed by atoms with Crippen molar-refractivity contribution >= 4 is 10.0 Å². The van der Waals surface area contributed by atoms with Gasteiger partial charge in [0.25, 0.3) is 0 Å². The number of benzene rings is 2. The van der Waals surface area contributed by atoms with Crippen LogP contribution in [0.2, 0.25) is 0 Å². The van der Waals surface area contributed by atoms with E-state index < -0.39 is 10.0 Å². The third-order valence-corrected chi connectivity index (χ3v) is 4.62. The first kappa shape index (κ1) is 15.5. The molecule has 0 aliphatic carbocycles. The van der Waals surface area contributed by atoms with Gasteiger partial charge >= 0.3 is 0 Å². The number of aryl methyl sites for hydroxylation is 2. The molecule has 1 aromatic heterocycles. The minimum atomic E-state index is -3.85. The number of rotatable bonds is 3. The van der Waals surface area contributed by atoms with Gasteiger partial charge in [0.05, 0.1) is 10.5 Å². The predicted molar refractivity (Wildman–Crippen MR) is 88.2 cm³/mol. The average Bonchev–Trinajstić information content (AvgIpc) is 2.89. The highest BCUT2D eigenvalue weighted by Gasteiger charge is 2.22. The lowest BCUT2D eigenvalue weighted by Gasteiger charge is -2.08. The van der Waals surface area contributed by atoms with Gasteiger partial charge in [0.2, 0.25) is 10.0 Å². The van der Waals surface area contributed by atoms with E-state index in [4.69, 9.17) is 9.66 Å². The standard InChI is InChI=1S/C17H16N2O3S/c1-11-7-9-13(10-8-11)17-16(12(2)22-19-17)14-5-3-4-6-15(14)23(18,20)21/h3-10H,1-2H3,(H2,18,20,21). The maximum Gasteiger partial charge on any atom is 0.238 e. The normalized spacial score (nSPS) is 11.6. The molecular formula is C17H16N2O3S. The fraction of sp³-hybridized carbons (Fsp3) is 0.118. The van der Waals surface area contributed by atoms with Crippen molar-refractivity contribution in [3.05, 3.63) is 59.9 Å². The zero-order valence-electron chi connectivity index (χ0n) is 12.8. The Hall–Kier alpha value is -2.44. The van der Waals surface area contributed by atoms with Gasteiger partial charge in [0, 0.05) is 11.1 Å². The molecule has 0 amide bonds. The third-order valence-electron chi connectivity index (χ3n) is 3.65. The molecule has 0 unspecified atom stereocenters. The van der Waals surface area contributed by atoms with E-state index in [2.05, 4.69) is 5.16 Å². The number of aromatic nitrogens is 1. The van der Waals surface area contributed by atoms with Crippen molar-refractivity contribution in [3.63, 3.8) is 0 Å².